The van der Waals surface area contributed by atoms with Crippen molar-refractivity contribution in [2.24, 2.45) is 4.99 Å². The molecule has 7 nitrogen and oxygen atoms in total. The average molecular weight is 469 g/mol. The fourth-order valence-corrected chi connectivity index (χ4v) is 5.06. The number of thiazole rings is 1. The average Bonchev–Trinajstić information content (AvgIpc) is 3.27. The fourth-order valence-electron chi connectivity index (χ4n) is 3.18. The zero-order valence-electron chi connectivity index (χ0n) is 16.1. The van der Waals surface area contributed by atoms with Crippen LogP contribution in [0.4, 0.5) is 10.1 Å². The van der Waals surface area contributed by atoms with Crippen LogP contribution in [0.1, 0.15) is 33.8 Å². The van der Waals surface area contributed by atoms with E-state index in [1.54, 1.807) is 14.9 Å². The van der Waals surface area contributed by atoms with Crippen LogP contribution in [0, 0.1) is 12.7 Å². The summed E-state index contributed by atoms with van der Waals surface area (Å²) >= 11 is 8.52. The molecule has 0 spiro atoms. The molecule has 0 saturated heterocycles. The Labute approximate surface area is 184 Å². The first kappa shape index (κ1) is 21.0. The third-order valence-corrected chi connectivity index (χ3v) is 6.95. The summed E-state index contributed by atoms with van der Waals surface area (Å²) < 4.78 is 23.1. The molecule has 1 aromatic carbocycles. The van der Waals surface area contributed by atoms with Crippen LogP contribution in [-0.2, 0) is 24.2 Å². The molecule has 0 bridgehead atoms. The Balaban J connectivity index is 1.59. The van der Waals surface area contributed by atoms with Crippen molar-refractivity contribution < 1.29 is 13.9 Å². The minimum absolute atomic E-state index is 0.0308. The molecule has 0 unspecified atom stereocenters. The van der Waals surface area contributed by atoms with E-state index in [2.05, 4.69) is 9.98 Å². The van der Waals surface area contributed by atoms with Gasteiger partial charge in [0.2, 0.25) is 4.80 Å². The highest BCUT2D eigenvalue weighted by Crippen LogP contribution is 2.27. The number of nitrogens with zero attached hydrogens (tertiary/aromatic N) is 4. The van der Waals surface area contributed by atoms with E-state index in [1.807, 2.05) is 6.92 Å². The number of aromatic nitrogens is 3. The first-order chi connectivity index (χ1) is 14.4. The number of carbonyl (C=O) groups is 1. The maximum absolute atomic E-state index is 14.5. The summed E-state index contributed by atoms with van der Waals surface area (Å²) in [5.74, 6) is -1.33. The molecule has 2 aromatic heterocycles. The topological polar surface area (TPSA) is 78.5 Å². The van der Waals surface area contributed by atoms with Crippen LogP contribution in [0.25, 0.3) is 0 Å². The van der Waals surface area contributed by atoms with E-state index in [0.717, 1.165) is 40.8 Å². The van der Waals surface area contributed by atoms with E-state index in [1.165, 1.54) is 17.4 Å². The zero-order chi connectivity index (χ0) is 21.3. The molecule has 1 aliphatic rings. The summed E-state index contributed by atoms with van der Waals surface area (Å²) in [6.45, 7) is 3.31. The van der Waals surface area contributed by atoms with Gasteiger partial charge < -0.3 is 4.74 Å². The van der Waals surface area contributed by atoms with Crippen LogP contribution >= 0.6 is 34.3 Å². The number of fused-ring (bicyclic) bond motifs is 1. The van der Waals surface area contributed by atoms with E-state index < -0.39 is 11.8 Å². The number of rotatable bonds is 5. The molecule has 0 atom stereocenters. The van der Waals surface area contributed by atoms with Gasteiger partial charge in [-0.3, -0.25) is 9.48 Å². The lowest BCUT2D eigenvalue weighted by atomic mass is 10.2. The number of carbonyl (C=O) groups excluding carboxylic acids is 1. The highest BCUT2D eigenvalue weighted by Gasteiger charge is 2.18. The second-order valence-electron chi connectivity index (χ2n) is 6.75. The SMILES string of the molecule is Cc1ncsc1CCOC(=O)c1cc(/N=c2/sc(=O)n3n2CCCC3)c(F)cc1Cl. The van der Waals surface area contributed by atoms with Crippen molar-refractivity contribution >= 4 is 45.9 Å². The molecule has 0 N–H and O–H groups in total. The third kappa shape index (κ3) is 4.26. The summed E-state index contributed by atoms with van der Waals surface area (Å²) in [4.78, 5) is 34.4. The molecule has 3 aromatic rings. The van der Waals surface area contributed by atoms with Gasteiger partial charge in [-0.2, -0.15) is 0 Å². The molecule has 11 heteroatoms. The molecule has 0 saturated carbocycles. The molecule has 158 valence electrons. The van der Waals surface area contributed by atoms with Crippen molar-refractivity contribution in [2.45, 2.75) is 39.3 Å². The Bertz CT molecular complexity index is 1230. The molecular formula is C19H18ClFN4O3S2. The number of halogens is 2. The van der Waals surface area contributed by atoms with Crippen molar-refractivity contribution in [3.05, 3.63) is 59.1 Å². The van der Waals surface area contributed by atoms with Crippen LogP contribution in [0.3, 0.4) is 0 Å². The Morgan fingerprint density at radius 3 is 2.83 bits per heavy atom. The van der Waals surface area contributed by atoms with Gasteiger partial charge in [0.15, 0.2) is 0 Å². The number of hydrogen-bond donors (Lipinski definition) is 0. The maximum Gasteiger partial charge on any atom is 0.339 e. The van der Waals surface area contributed by atoms with Gasteiger partial charge in [-0.15, -0.1) is 11.3 Å². The third-order valence-electron chi connectivity index (χ3n) is 4.77. The highest BCUT2D eigenvalue weighted by atomic mass is 35.5. The van der Waals surface area contributed by atoms with E-state index in [-0.39, 0.29) is 27.8 Å². The second-order valence-corrected chi connectivity index (χ2v) is 9.01. The minimum Gasteiger partial charge on any atom is -0.462 e. The van der Waals surface area contributed by atoms with Crippen LogP contribution in [0.2, 0.25) is 5.02 Å². The molecule has 0 aliphatic carbocycles. The maximum atomic E-state index is 14.5. The molecule has 30 heavy (non-hydrogen) atoms. The lowest BCUT2D eigenvalue weighted by Gasteiger charge is -2.15. The standard InChI is InChI=1S/C19H18ClFN4O3S2/c1-11-16(29-10-22-11)4-7-28-17(26)12-8-15(14(21)9-13(12)20)23-18-24-5-2-3-6-25(24)19(27)30-18/h8-10H,2-7H2,1H3/b23-18+. The Morgan fingerprint density at radius 2 is 2.10 bits per heavy atom. The summed E-state index contributed by atoms with van der Waals surface area (Å²) in [6.07, 6.45) is 2.38. The number of hydrogen-bond acceptors (Lipinski definition) is 7. The van der Waals surface area contributed by atoms with Gasteiger partial charge in [0.05, 0.1) is 28.4 Å². The van der Waals surface area contributed by atoms with Crippen LogP contribution < -0.4 is 9.67 Å². The van der Waals surface area contributed by atoms with Gasteiger partial charge in [-0.25, -0.2) is 23.8 Å². The van der Waals surface area contributed by atoms with Crippen molar-refractivity contribution in [3.8, 4) is 0 Å². The number of aryl methyl sites for hydroxylation is 1. The quantitative estimate of drug-likeness (QED) is 0.535. The molecule has 3 heterocycles. The minimum atomic E-state index is -0.673. The van der Waals surface area contributed by atoms with Gasteiger partial charge in [0.1, 0.15) is 11.5 Å². The van der Waals surface area contributed by atoms with Crippen molar-refractivity contribution in [1.82, 2.24) is 14.3 Å². The highest BCUT2D eigenvalue weighted by molar-refractivity contribution is 7.09. The smallest absolute Gasteiger partial charge is 0.339 e. The largest absolute Gasteiger partial charge is 0.462 e. The lowest BCUT2D eigenvalue weighted by Crippen LogP contribution is -2.31. The first-order valence-electron chi connectivity index (χ1n) is 9.34. The normalized spacial score (nSPS) is 14.0. The van der Waals surface area contributed by atoms with E-state index in [0.29, 0.717) is 24.3 Å². The van der Waals surface area contributed by atoms with E-state index >= 15 is 0 Å². The second kappa shape index (κ2) is 8.83. The van der Waals surface area contributed by atoms with Gasteiger partial charge in [0.25, 0.3) is 0 Å². The van der Waals surface area contributed by atoms with Crippen LogP contribution in [0.5, 0.6) is 0 Å². The Kier molecular flexibility index (Phi) is 6.16. The van der Waals surface area contributed by atoms with Crippen molar-refractivity contribution in [3.63, 3.8) is 0 Å². The number of ether oxygens (including phenoxy) is 1. The van der Waals surface area contributed by atoms with E-state index in [4.69, 9.17) is 16.3 Å². The van der Waals surface area contributed by atoms with Crippen molar-refractivity contribution in [1.29, 1.82) is 0 Å². The monoisotopic (exact) mass is 468 g/mol. The zero-order valence-corrected chi connectivity index (χ0v) is 18.4. The van der Waals surface area contributed by atoms with Gasteiger partial charge in [-0.05, 0) is 43.2 Å². The molecule has 0 radical (unpaired) electrons. The molecule has 0 amide bonds. The van der Waals surface area contributed by atoms with Gasteiger partial charge in [-0.1, -0.05) is 11.6 Å². The molecular weight excluding hydrogens is 451 g/mol. The first-order valence-corrected chi connectivity index (χ1v) is 11.4. The summed E-state index contributed by atoms with van der Waals surface area (Å²) in [5, 5.41) is -0.0508. The van der Waals surface area contributed by atoms with Gasteiger partial charge >= 0.3 is 10.8 Å². The van der Waals surface area contributed by atoms with Crippen LogP contribution in [0.15, 0.2) is 27.4 Å². The fraction of sp³-hybridized carbons (Fsp3) is 0.368. The Morgan fingerprint density at radius 1 is 1.33 bits per heavy atom. The van der Waals surface area contributed by atoms with E-state index in [9.17, 15) is 14.0 Å². The predicted octanol–water partition coefficient (Wildman–Crippen LogP) is 3.69. The summed E-state index contributed by atoms with van der Waals surface area (Å²) in [5.41, 5.74) is 2.62. The summed E-state index contributed by atoms with van der Waals surface area (Å²) in [7, 11) is 0. The molecule has 4 rings (SSSR count). The van der Waals surface area contributed by atoms with Crippen molar-refractivity contribution in [2.75, 3.05) is 6.61 Å². The van der Waals surface area contributed by atoms with Crippen LogP contribution in [-0.4, -0.2) is 26.9 Å². The predicted molar refractivity (Wildman–Crippen MR) is 113 cm³/mol. The lowest BCUT2D eigenvalue weighted by molar-refractivity contribution is 0.0510. The number of benzene rings is 1. The summed E-state index contributed by atoms with van der Waals surface area (Å²) in [6, 6.07) is 2.31. The Hall–Kier alpha value is -2.30. The molecule has 0 fully saturated rings. The molecule has 1 aliphatic heterocycles. The van der Waals surface area contributed by atoms with Gasteiger partial charge in [0, 0.05) is 24.4 Å². The number of esters is 1.